The van der Waals surface area contributed by atoms with Crippen LogP contribution < -0.4 is 20.1 Å². The first kappa shape index (κ1) is 34.2. The predicted molar refractivity (Wildman–Crippen MR) is 189 cm³/mol. The van der Waals surface area contributed by atoms with Crippen molar-refractivity contribution in [1.82, 2.24) is 14.1 Å². The van der Waals surface area contributed by atoms with E-state index in [1.165, 1.54) is 10.6 Å². The van der Waals surface area contributed by atoms with E-state index in [4.69, 9.17) is 18.9 Å². The summed E-state index contributed by atoms with van der Waals surface area (Å²) in [7, 11) is 5.05. The summed E-state index contributed by atoms with van der Waals surface area (Å²) in [6.07, 6.45) is 6.07. The minimum Gasteiger partial charge on any atom is -0.473 e. The number of ether oxygens (including phenoxy) is 4. The van der Waals surface area contributed by atoms with Crippen LogP contribution in [0.15, 0.2) is 89.7 Å². The van der Waals surface area contributed by atoms with Gasteiger partial charge in [-0.05, 0) is 54.9 Å². The molecule has 0 saturated carbocycles. The molecule has 49 heavy (non-hydrogen) atoms. The number of fused-ring (bicyclic) bond motifs is 1. The van der Waals surface area contributed by atoms with Gasteiger partial charge in [-0.3, -0.25) is 9.13 Å². The minimum atomic E-state index is -0.363. The van der Waals surface area contributed by atoms with Crippen LogP contribution in [-0.4, -0.2) is 47.7 Å². The van der Waals surface area contributed by atoms with Crippen LogP contribution >= 0.6 is 0 Å². The number of piperidine rings is 1. The summed E-state index contributed by atoms with van der Waals surface area (Å²) in [5.41, 5.74) is 3.63. The quantitative estimate of drug-likeness (QED) is 0.0849. The Labute approximate surface area is 286 Å². The highest BCUT2D eigenvalue weighted by atomic mass is 19.1. The summed E-state index contributed by atoms with van der Waals surface area (Å²) in [5.74, 6) is 0.821. The average molecular weight is 669 g/mol. The summed E-state index contributed by atoms with van der Waals surface area (Å²) < 4.78 is 41.8. The molecule has 2 aromatic heterocycles. The highest BCUT2D eigenvalue weighted by molar-refractivity contribution is 5.83. The van der Waals surface area contributed by atoms with E-state index in [-0.39, 0.29) is 30.3 Å². The molecule has 3 heterocycles. The van der Waals surface area contributed by atoms with Gasteiger partial charge in [-0.1, -0.05) is 73.5 Å². The van der Waals surface area contributed by atoms with Crippen LogP contribution in [0.5, 0.6) is 11.8 Å². The topological polar surface area (TPSA) is 80.0 Å². The van der Waals surface area contributed by atoms with Crippen molar-refractivity contribution in [2.75, 3.05) is 32.2 Å². The summed E-state index contributed by atoms with van der Waals surface area (Å²) >= 11 is 0. The molecule has 0 N–H and O–H groups in total. The number of hydrogen-bond donors (Lipinski definition) is 0. The third-order valence-corrected chi connectivity index (χ3v) is 9.41. The highest BCUT2D eigenvalue weighted by Crippen LogP contribution is 2.33. The maximum Gasteiger partial charge on any atom is 0.333 e. The normalized spacial score (nSPS) is 13.8. The second-order valence-electron chi connectivity index (χ2n) is 12.6. The highest BCUT2D eigenvalue weighted by Gasteiger charge is 2.25. The lowest BCUT2D eigenvalue weighted by molar-refractivity contribution is -0.107. The zero-order chi connectivity index (χ0) is 34.2. The van der Waals surface area contributed by atoms with Gasteiger partial charge in [-0.2, -0.15) is 4.98 Å². The lowest BCUT2D eigenvalue weighted by Gasteiger charge is -2.34. The van der Waals surface area contributed by atoms with Gasteiger partial charge in [0.05, 0.1) is 16.7 Å². The first-order chi connectivity index (χ1) is 23.9. The Bertz CT molecular complexity index is 1870. The van der Waals surface area contributed by atoms with E-state index < -0.39 is 0 Å². The molecule has 0 radical (unpaired) electrons. The molecule has 9 nitrogen and oxygen atoms in total. The van der Waals surface area contributed by atoms with Gasteiger partial charge in [0.15, 0.2) is 6.29 Å². The Balaban J connectivity index is 1.23. The molecule has 0 amide bonds. The lowest BCUT2D eigenvalue weighted by atomic mass is 9.91. The number of unbranched alkanes of at least 4 members (excludes halogenated alkanes) is 1. The third-order valence-electron chi connectivity index (χ3n) is 9.41. The van der Waals surface area contributed by atoms with E-state index in [2.05, 4.69) is 9.88 Å². The molecule has 5 aromatic rings. The molecule has 0 atom stereocenters. The lowest BCUT2D eigenvalue weighted by Crippen LogP contribution is -2.34. The van der Waals surface area contributed by atoms with Gasteiger partial charge in [0, 0.05) is 46.5 Å². The third kappa shape index (κ3) is 8.14. The van der Waals surface area contributed by atoms with Gasteiger partial charge in [0.25, 0.3) is 0 Å². The molecular formula is C39H45FN4O5. The zero-order valence-electron chi connectivity index (χ0n) is 28.5. The van der Waals surface area contributed by atoms with Crippen molar-refractivity contribution in [3.63, 3.8) is 0 Å². The van der Waals surface area contributed by atoms with E-state index in [1.54, 1.807) is 44.0 Å². The van der Waals surface area contributed by atoms with E-state index in [0.29, 0.717) is 40.8 Å². The smallest absolute Gasteiger partial charge is 0.333 e. The van der Waals surface area contributed by atoms with Crippen LogP contribution in [0.2, 0.25) is 0 Å². The maximum absolute atomic E-state index is 16.0. The van der Waals surface area contributed by atoms with Gasteiger partial charge in [0.1, 0.15) is 24.7 Å². The monoisotopic (exact) mass is 668 g/mol. The average Bonchev–Trinajstić information content (AvgIpc) is 3.38. The fourth-order valence-electron chi connectivity index (χ4n) is 6.59. The number of hydrogen-bond acceptors (Lipinski definition) is 7. The number of benzene rings is 3. The number of anilines is 1. The molecule has 258 valence electrons. The van der Waals surface area contributed by atoms with Crippen LogP contribution in [0.4, 0.5) is 10.1 Å². The molecule has 0 bridgehead atoms. The molecule has 0 spiro atoms. The summed E-state index contributed by atoms with van der Waals surface area (Å²) in [4.78, 5) is 20.6. The van der Waals surface area contributed by atoms with Crippen molar-refractivity contribution >= 4 is 16.7 Å². The number of aryl methyl sites for hydroxylation is 1. The minimum absolute atomic E-state index is 0.145. The maximum atomic E-state index is 16.0. The number of rotatable bonds is 15. The molecular weight excluding hydrogens is 623 g/mol. The molecule has 6 rings (SSSR count). The Morgan fingerprint density at radius 3 is 2.12 bits per heavy atom. The molecule has 1 saturated heterocycles. The van der Waals surface area contributed by atoms with Crippen LogP contribution in [0, 0.1) is 11.7 Å². The molecule has 1 aliphatic heterocycles. The first-order valence-corrected chi connectivity index (χ1v) is 17.0. The summed E-state index contributed by atoms with van der Waals surface area (Å²) in [6, 6.07) is 26.3. The van der Waals surface area contributed by atoms with E-state index in [0.717, 1.165) is 62.7 Å². The Morgan fingerprint density at radius 1 is 0.816 bits per heavy atom. The van der Waals surface area contributed by atoms with E-state index in [9.17, 15) is 4.79 Å². The summed E-state index contributed by atoms with van der Waals surface area (Å²) in [6.45, 7) is 2.10. The fourth-order valence-corrected chi connectivity index (χ4v) is 6.59. The molecule has 10 heteroatoms. The number of halogens is 1. The number of pyridine rings is 1. The van der Waals surface area contributed by atoms with Gasteiger partial charge in [0.2, 0.25) is 11.8 Å². The van der Waals surface area contributed by atoms with Crippen molar-refractivity contribution < 1.29 is 23.3 Å². The molecule has 3 aromatic carbocycles. The van der Waals surface area contributed by atoms with Crippen LogP contribution in [0.1, 0.15) is 49.7 Å². The Morgan fingerprint density at radius 2 is 1.47 bits per heavy atom. The molecule has 1 fully saturated rings. The summed E-state index contributed by atoms with van der Waals surface area (Å²) in [5, 5.41) is 0. The number of nitrogens with zero attached hydrogens (tertiary/aromatic N) is 4. The van der Waals surface area contributed by atoms with Gasteiger partial charge < -0.3 is 23.8 Å². The van der Waals surface area contributed by atoms with Crippen LogP contribution in [0.25, 0.3) is 16.7 Å². The number of aromatic nitrogens is 3. The van der Waals surface area contributed by atoms with Gasteiger partial charge >= 0.3 is 5.69 Å². The molecule has 0 aliphatic carbocycles. The number of imidazole rings is 1. The SMILES string of the molecule is COC(CCCCC1CCN(c2cc3c(cc2F)n(-c2ccc(OCc4ccccc4)nc2OCc2ccccc2)c(=O)n3C)CC1)OC. The van der Waals surface area contributed by atoms with E-state index >= 15 is 4.39 Å². The Kier molecular flexibility index (Phi) is 11.3. The van der Waals surface area contributed by atoms with Crippen molar-refractivity contribution in [2.45, 2.75) is 58.0 Å². The van der Waals surface area contributed by atoms with Crippen LogP contribution in [-0.2, 0) is 29.7 Å². The molecule has 0 unspecified atom stereocenters. The standard InChI is InChI=1S/C39H45FN4O5/c1-42-34-25-33(43-22-20-28(21-23-43)12-10-11-17-37(46-2)47-3)31(40)24-35(34)44(39(42)45)32-18-19-36(48-26-29-13-6-4-7-14-29)41-38(32)49-27-30-15-8-5-9-16-30/h4-9,13-16,18-19,24-25,28,37H,10-12,17,20-23,26-27H2,1-3H3. The largest absolute Gasteiger partial charge is 0.473 e. The van der Waals surface area contributed by atoms with Crippen molar-refractivity contribution in [2.24, 2.45) is 13.0 Å². The van der Waals surface area contributed by atoms with Gasteiger partial charge in [-0.25, -0.2) is 9.18 Å². The first-order valence-electron chi connectivity index (χ1n) is 17.0. The van der Waals surface area contributed by atoms with Crippen LogP contribution in [0.3, 0.4) is 0 Å². The Hall–Kier alpha value is -4.67. The fraction of sp³-hybridized carbons (Fsp3) is 0.385. The van der Waals surface area contributed by atoms with Gasteiger partial charge in [-0.15, -0.1) is 0 Å². The number of methoxy groups -OCH3 is 2. The van der Waals surface area contributed by atoms with E-state index in [1.807, 2.05) is 60.7 Å². The predicted octanol–water partition coefficient (Wildman–Crippen LogP) is 7.42. The second kappa shape index (κ2) is 16.2. The second-order valence-corrected chi connectivity index (χ2v) is 12.6. The van der Waals surface area contributed by atoms with Crippen molar-refractivity contribution in [3.8, 4) is 17.4 Å². The van der Waals surface area contributed by atoms with Crippen molar-refractivity contribution in [1.29, 1.82) is 0 Å². The zero-order valence-corrected chi connectivity index (χ0v) is 28.5. The van der Waals surface area contributed by atoms with Crippen molar-refractivity contribution in [3.05, 3.63) is 112 Å². The molecule has 1 aliphatic rings.